The Balaban J connectivity index is 1.20. The van der Waals surface area contributed by atoms with Crippen LogP contribution in [0.3, 0.4) is 0 Å². The van der Waals surface area contributed by atoms with Crippen molar-refractivity contribution in [1.82, 2.24) is 4.98 Å². The predicted molar refractivity (Wildman–Crippen MR) is 197 cm³/mol. The van der Waals surface area contributed by atoms with Crippen LogP contribution in [0.15, 0.2) is 80.7 Å². The average Bonchev–Trinajstić information content (AvgIpc) is 3.68. The molecule has 0 fully saturated rings. The van der Waals surface area contributed by atoms with Crippen LogP contribution in [-0.2, 0) is 4.79 Å². The highest BCUT2D eigenvalue weighted by molar-refractivity contribution is 8.17. The maximum atomic E-state index is 12.7. The van der Waals surface area contributed by atoms with Crippen molar-refractivity contribution in [3.8, 4) is 0 Å². The highest BCUT2D eigenvalue weighted by atomic mass is 32.2. The molecule has 1 aromatic heterocycles. The van der Waals surface area contributed by atoms with Crippen molar-refractivity contribution in [3.63, 3.8) is 0 Å². The van der Waals surface area contributed by atoms with Gasteiger partial charge in [0.05, 0.1) is 27.2 Å². The van der Waals surface area contributed by atoms with Gasteiger partial charge < -0.3 is 5.11 Å². The maximum Gasteiger partial charge on any atom is 0.392 e. The van der Waals surface area contributed by atoms with E-state index < -0.39 is 0 Å². The molecule has 0 unspecified atom stereocenters. The van der Waals surface area contributed by atoms with E-state index >= 15 is 0 Å². The van der Waals surface area contributed by atoms with E-state index in [9.17, 15) is 9.90 Å². The molecule has 6 nitrogen and oxygen atoms in total. The average molecular weight is 673 g/mol. The molecule has 2 aromatic rings. The van der Waals surface area contributed by atoms with Gasteiger partial charge >= 0.3 is 5.17 Å². The molecule has 0 radical (unpaired) electrons. The van der Waals surface area contributed by atoms with Gasteiger partial charge in [-0.2, -0.15) is 0 Å². The number of hydrogen-bond acceptors (Lipinski definition) is 6. The van der Waals surface area contributed by atoms with E-state index in [1.807, 2.05) is 32.0 Å². The van der Waals surface area contributed by atoms with Crippen molar-refractivity contribution in [2.24, 2.45) is 10.2 Å². The van der Waals surface area contributed by atoms with Crippen molar-refractivity contribution < 1.29 is 14.5 Å². The van der Waals surface area contributed by atoms with Crippen molar-refractivity contribution in [2.75, 3.05) is 6.54 Å². The summed E-state index contributed by atoms with van der Waals surface area (Å²) >= 11 is 3.02. The fraction of sp³-hybridized carbons (Fsp3) is 0.513. The van der Waals surface area contributed by atoms with Crippen LogP contribution in [0.25, 0.3) is 6.08 Å². The molecule has 0 spiro atoms. The Morgan fingerprint density at radius 2 is 1.36 bits per heavy atom. The zero-order valence-electron chi connectivity index (χ0n) is 28.6. The number of ketones is 1. The van der Waals surface area contributed by atoms with E-state index in [0.717, 1.165) is 39.4 Å². The second-order valence-corrected chi connectivity index (χ2v) is 14.8. The molecule has 0 amide bonds. The molecule has 1 aromatic carbocycles. The zero-order valence-corrected chi connectivity index (χ0v) is 30.3. The van der Waals surface area contributed by atoms with Crippen molar-refractivity contribution >= 4 is 45.8 Å². The first kappa shape index (κ1) is 36.7. The van der Waals surface area contributed by atoms with Gasteiger partial charge in [-0.25, -0.2) is 9.56 Å². The lowest BCUT2D eigenvalue weighted by atomic mass is 9.87. The van der Waals surface area contributed by atoms with Gasteiger partial charge in [0.15, 0.2) is 10.8 Å². The van der Waals surface area contributed by atoms with E-state index in [2.05, 4.69) is 38.8 Å². The van der Waals surface area contributed by atoms with Gasteiger partial charge in [0, 0.05) is 22.9 Å². The van der Waals surface area contributed by atoms with E-state index in [0.29, 0.717) is 5.03 Å². The minimum atomic E-state index is -0.236. The Kier molecular flexibility index (Phi) is 15.9. The summed E-state index contributed by atoms with van der Waals surface area (Å²) in [5.41, 5.74) is 2.39. The van der Waals surface area contributed by atoms with Gasteiger partial charge in [-0.15, -0.1) is 11.3 Å². The fourth-order valence-corrected chi connectivity index (χ4v) is 7.54. The third-order valence-electron chi connectivity index (χ3n) is 8.68. The number of amidine groups is 1. The normalized spacial score (nSPS) is 17.6. The second kappa shape index (κ2) is 20.3. The number of rotatable bonds is 21. The van der Waals surface area contributed by atoms with Gasteiger partial charge in [0.1, 0.15) is 5.69 Å². The van der Waals surface area contributed by atoms with Gasteiger partial charge in [0.2, 0.25) is 0 Å². The second-order valence-electron chi connectivity index (χ2n) is 12.5. The van der Waals surface area contributed by atoms with E-state index in [1.54, 1.807) is 35.6 Å². The first-order valence-electron chi connectivity index (χ1n) is 17.8. The number of azo groups is 1. The number of benzene rings is 1. The number of carbonyl (C=O) groups is 1. The number of Topliss-reactive ketones (excluding diaryl/α,β-unsaturated/α-hetero) is 1. The fourth-order valence-electron chi connectivity index (χ4n) is 5.92. The van der Waals surface area contributed by atoms with Crippen LogP contribution in [0.2, 0.25) is 0 Å². The molecular formula is C39H52N4O2S2. The summed E-state index contributed by atoms with van der Waals surface area (Å²) in [6.45, 7) is 7.02. The molecule has 1 aliphatic carbocycles. The maximum absolute atomic E-state index is 12.7. The molecule has 4 rings (SSSR count). The van der Waals surface area contributed by atoms with Gasteiger partial charge in [0.25, 0.3) is 0 Å². The number of carbonyl (C=O) groups excluding carboxylic acids is 1. The lowest BCUT2D eigenvalue weighted by Gasteiger charge is -2.28. The third kappa shape index (κ3) is 11.8. The van der Waals surface area contributed by atoms with Crippen LogP contribution in [0, 0.1) is 13.8 Å². The van der Waals surface area contributed by atoms with Crippen LogP contribution in [-0.4, -0.2) is 27.1 Å². The van der Waals surface area contributed by atoms with Crippen molar-refractivity contribution in [2.45, 2.75) is 124 Å². The number of hydrogen-bond donors (Lipinski definition) is 0. The molecule has 0 N–H and O–H groups in total. The molecule has 8 heteroatoms. The Bertz CT molecular complexity index is 1500. The highest BCUT2D eigenvalue weighted by Crippen LogP contribution is 2.33. The summed E-state index contributed by atoms with van der Waals surface area (Å²) in [7, 11) is 0. The van der Waals surface area contributed by atoms with E-state index in [4.69, 9.17) is 0 Å². The molecule has 2 aliphatic rings. The van der Waals surface area contributed by atoms with Crippen LogP contribution >= 0.6 is 23.1 Å². The SMILES string of the molecule is CCCCCCCCCCCCCCCCCC[N+](=C1N=N/C(=C/C=C2/C(=O)C(/C=C/c3sc(C)nc3C)=C2[O-])S1)c1ccccc1. The van der Waals surface area contributed by atoms with Gasteiger partial charge in [-0.05, 0) is 62.2 Å². The molecule has 1 aliphatic heterocycles. The zero-order chi connectivity index (χ0) is 33.3. The molecule has 0 saturated carbocycles. The number of allylic oxidation sites excluding steroid dienone is 5. The van der Waals surface area contributed by atoms with E-state index in [-0.39, 0.29) is 22.7 Å². The number of unbranched alkanes of at least 4 members (excludes halogenated alkanes) is 15. The smallest absolute Gasteiger partial charge is 0.392 e. The van der Waals surface area contributed by atoms with Crippen molar-refractivity contribution in [1.29, 1.82) is 0 Å². The summed E-state index contributed by atoms with van der Waals surface area (Å²) < 4.78 is 2.23. The van der Waals surface area contributed by atoms with E-state index in [1.165, 1.54) is 108 Å². The van der Waals surface area contributed by atoms with Crippen LogP contribution < -0.4 is 5.11 Å². The summed E-state index contributed by atoms with van der Waals surface area (Å²) in [5.74, 6) is -0.471. The number of para-hydroxylation sites is 1. The number of thiazole rings is 1. The number of aryl methyl sites for hydroxylation is 2. The molecule has 252 valence electrons. The quantitative estimate of drug-likeness (QED) is 0.0751. The topological polar surface area (TPSA) is 80.8 Å². The monoisotopic (exact) mass is 672 g/mol. The number of thioether (sulfide) groups is 1. The van der Waals surface area contributed by atoms with Gasteiger partial charge in [-0.3, -0.25) is 4.79 Å². The predicted octanol–water partition coefficient (Wildman–Crippen LogP) is 10.9. The minimum Gasteiger partial charge on any atom is -0.871 e. The third-order valence-corrected chi connectivity index (χ3v) is 10.6. The first-order valence-corrected chi connectivity index (χ1v) is 19.4. The lowest BCUT2D eigenvalue weighted by Crippen LogP contribution is -2.28. The minimum absolute atomic E-state index is 0.187. The molecule has 47 heavy (non-hydrogen) atoms. The molecule has 0 bridgehead atoms. The van der Waals surface area contributed by atoms with Gasteiger partial charge in [-0.1, -0.05) is 127 Å². The molecule has 0 saturated heterocycles. The molecule has 2 heterocycles. The first-order chi connectivity index (χ1) is 23.0. The lowest BCUT2D eigenvalue weighted by molar-refractivity contribution is -0.439. The van der Waals surface area contributed by atoms with Crippen LogP contribution in [0.1, 0.15) is 125 Å². The standard InChI is InChI=1S/C39H52N4O2S2/c1-4-5-6-7-8-9-10-11-12-13-14-15-16-17-18-22-29-43(32-23-20-19-21-24-32)39-42-41-36(47-39)28-26-34-37(44)33(38(34)45)25-27-35-30(2)40-31(3)46-35/h19-21,23-28H,4-18,22,29H2,1-3H3. The highest BCUT2D eigenvalue weighted by Gasteiger charge is 2.28. The summed E-state index contributed by atoms with van der Waals surface area (Å²) in [6, 6.07) is 10.3. The number of nitrogens with zero attached hydrogens (tertiary/aromatic N) is 4. The summed E-state index contributed by atoms with van der Waals surface area (Å²) in [6.07, 6.45) is 28.3. The Hall–Kier alpha value is -3.10. The summed E-state index contributed by atoms with van der Waals surface area (Å²) in [4.78, 5) is 18.0. The largest absolute Gasteiger partial charge is 0.871 e. The van der Waals surface area contributed by atoms with Crippen LogP contribution in [0.5, 0.6) is 0 Å². The number of aromatic nitrogens is 1. The Morgan fingerprint density at radius 3 is 1.91 bits per heavy atom. The Morgan fingerprint density at radius 1 is 0.766 bits per heavy atom. The molecular weight excluding hydrogens is 621 g/mol. The Labute approximate surface area is 290 Å². The summed E-state index contributed by atoms with van der Waals surface area (Å²) in [5, 5.41) is 24.0. The molecule has 0 atom stereocenters. The van der Waals surface area contributed by atoms with Crippen LogP contribution in [0.4, 0.5) is 5.69 Å². The van der Waals surface area contributed by atoms with Crippen molar-refractivity contribution in [3.05, 3.63) is 86.1 Å².